The fourth-order valence-electron chi connectivity index (χ4n) is 0.354. The molecule has 0 aliphatic rings. The van der Waals surface area contributed by atoms with E-state index in [-0.39, 0.29) is 12.6 Å². The van der Waals surface area contributed by atoms with E-state index < -0.39 is 11.2 Å². The smallest absolute Gasteiger partial charge is 0.122 e. The molecule has 0 aliphatic carbocycles. The summed E-state index contributed by atoms with van der Waals surface area (Å²) in [6.07, 6.45) is 1.56. The lowest BCUT2D eigenvalue weighted by atomic mass is 10.4. The highest BCUT2D eigenvalue weighted by Gasteiger charge is 2.05. The van der Waals surface area contributed by atoms with Gasteiger partial charge in [0.05, 0.1) is 18.9 Å². The van der Waals surface area contributed by atoms with E-state index >= 15 is 0 Å². The van der Waals surface area contributed by atoms with E-state index in [2.05, 4.69) is 0 Å². The minimum Gasteiger partial charge on any atom is -0.617 e. The first-order valence-electron chi connectivity index (χ1n) is 2.33. The van der Waals surface area contributed by atoms with Gasteiger partial charge in [-0.1, -0.05) is 11.2 Å². The topological polar surface area (TPSA) is 69.3 Å². The maximum absolute atomic E-state index is 10.3. The van der Waals surface area contributed by atoms with Crippen LogP contribution < -0.4 is 5.73 Å². The summed E-state index contributed by atoms with van der Waals surface area (Å²) in [6.45, 7) is -0.0837. The number of hydrogen-bond donors (Lipinski definition) is 2. The van der Waals surface area contributed by atoms with E-state index in [1.165, 1.54) is 0 Å². The molecule has 0 aromatic carbocycles. The van der Waals surface area contributed by atoms with Crippen molar-refractivity contribution in [1.82, 2.24) is 0 Å². The Balaban J connectivity index is 3.10. The van der Waals surface area contributed by atoms with Crippen molar-refractivity contribution >= 4 is 11.2 Å². The van der Waals surface area contributed by atoms with Crippen molar-refractivity contribution in [2.75, 3.05) is 18.6 Å². The third kappa shape index (κ3) is 4.39. The molecule has 0 radical (unpaired) electrons. The molecular formula is C4H11NO2S. The highest BCUT2D eigenvalue weighted by molar-refractivity contribution is 7.90. The van der Waals surface area contributed by atoms with Gasteiger partial charge in [0, 0.05) is 0 Å². The van der Waals surface area contributed by atoms with Crippen LogP contribution in [0.2, 0.25) is 0 Å². The molecule has 0 saturated heterocycles. The number of rotatable bonds is 3. The molecule has 1 unspecified atom stereocenters. The molecule has 4 heteroatoms. The zero-order chi connectivity index (χ0) is 6.57. The fourth-order valence-corrected chi connectivity index (χ4v) is 1.06. The van der Waals surface area contributed by atoms with Crippen LogP contribution >= 0.6 is 0 Å². The van der Waals surface area contributed by atoms with E-state index in [0.717, 1.165) is 0 Å². The molecule has 8 heavy (non-hydrogen) atoms. The minimum absolute atomic E-state index is 0.0837. The fraction of sp³-hybridized carbons (Fsp3) is 1.00. The van der Waals surface area contributed by atoms with Gasteiger partial charge in [0.15, 0.2) is 0 Å². The summed E-state index contributed by atoms with van der Waals surface area (Å²) in [5.41, 5.74) is 5.23. The van der Waals surface area contributed by atoms with Gasteiger partial charge in [-0.25, -0.2) is 0 Å². The van der Waals surface area contributed by atoms with Crippen molar-refractivity contribution in [3.8, 4) is 0 Å². The van der Waals surface area contributed by atoms with Gasteiger partial charge < -0.3 is 15.4 Å². The van der Waals surface area contributed by atoms with Crippen LogP contribution in [0.25, 0.3) is 0 Å². The predicted octanol–water partition coefficient (Wildman–Crippen LogP) is -1.32. The van der Waals surface area contributed by atoms with Gasteiger partial charge >= 0.3 is 0 Å². The van der Waals surface area contributed by atoms with E-state index in [0.29, 0.717) is 5.75 Å². The molecule has 3 nitrogen and oxygen atoms in total. The summed E-state index contributed by atoms with van der Waals surface area (Å²) in [5, 5.41) is 8.32. The van der Waals surface area contributed by atoms with E-state index in [9.17, 15) is 4.55 Å². The Morgan fingerprint density at radius 2 is 2.38 bits per heavy atom. The summed E-state index contributed by atoms with van der Waals surface area (Å²) >= 11 is -0.881. The summed E-state index contributed by atoms with van der Waals surface area (Å²) < 4.78 is 10.3. The molecule has 0 amide bonds. The molecule has 0 rings (SSSR count). The van der Waals surface area contributed by atoms with Gasteiger partial charge in [0.1, 0.15) is 5.75 Å². The maximum atomic E-state index is 10.3. The molecule has 0 aliphatic heterocycles. The number of hydrogen-bond acceptors (Lipinski definition) is 3. The summed E-state index contributed by atoms with van der Waals surface area (Å²) in [7, 11) is 0. The van der Waals surface area contributed by atoms with Gasteiger partial charge in [0.25, 0.3) is 0 Å². The Kier molecular flexibility index (Phi) is 4.26. The van der Waals surface area contributed by atoms with Gasteiger partial charge in [-0.3, -0.25) is 0 Å². The van der Waals surface area contributed by atoms with Crippen LogP contribution in [0, 0.1) is 0 Å². The Bertz CT molecular complexity index is 60.0. The van der Waals surface area contributed by atoms with Crippen molar-refractivity contribution in [3.05, 3.63) is 0 Å². The Hall–Kier alpha value is 0.230. The summed E-state index contributed by atoms with van der Waals surface area (Å²) in [4.78, 5) is 0. The molecule has 0 fully saturated rings. The molecule has 50 valence electrons. The van der Waals surface area contributed by atoms with Crippen molar-refractivity contribution in [3.63, 3.8) is 0 Å². The van der Waals surface area contributed by atoms with Crippen LogP contribution in [0.15, 0.2) is 0 Å². The first-order valence-corrected chi connectivity index (χ1v) is 4.06. The van der Waals surface area contributed by atoms with E-state index in [1.807, 2.05) is 0 Å². The monoisotopic (exact) mass is 137 g/mol. The van der Waals surface area contributed by atoms with Crippen LogP contribution in [0.1, 0.15) is 0 Å². The van der Waals surface area contributed by atoms with Crippen molar-refractivity contribution in [1.29, 1.82) is 0 Å². The minimum atomic E-state index is -0.881. The predicted molar refractivity (Wildman–Crippen MR) is 34.0 cm³/mol. The number of aliphatic hydroxyl groups is 1. The second kappa shape index (κ2) is 4.14. The Labute approximate surface area is 52.1 Å². The Morgan fingerprint density at radius 3 is 2.50 bits per heavy atom. The molecule has 0 bridgehead atoms. The van der Waals surface area contributed by atoms with Crippen molar-refractivity contribution in [2.24, 2.45) is 5.73 Å². The van der Waals surface area contributed by atoms with E-state index in [4.69, 9.17) is 10.8 Å². The molecule has 0 aromatic rings. The summed E-state index contributed by atoms with van der Waals surface area (Å²) in [6, 6.07) is -0.319. The molecule has 0 spiro atoms. The Morgan fingerprint density at radius 1 is 1.88 bits per heavy atom. The molecular weight excluding hydrogens is 126 g/mol. The van der Waals surface area contributed by atoms with Gasteiger partial charge in [-0.2, -0.15) is 0 Å². The average molecular weight is 137 g/mol. The van der Waals surface area contributed by atoms with Gasteiger partial charge in [0.2, 0.25) is 0 Å². The third-order valence-electron chi connectivity index (χ3n) is 0.683. The number of aliphatic hydroxyl groups excluding tert-OH is 1. The van der Waals surface area contributed by atoms with Crippen molar-refractivity contribution in [2.45, 2.75) is 6.04 Å². The highest BCUT2D eigenvalue weighted by atomic mass is 32.2. The van der Waals surface area contributed by atoms with E-state index in [1.54, 1.807) is 6.26 Å². The zero-order valence-electron chi connectivity index (χ0n) is 4.83. The SMILES string of the molecule is C[S+]([O-])C[C@H](N)CO. The molecule has 3 N–H and O–H groups in total. The largest absolute Gasteiger partial charge is 0.617 e. The van der Waals surface area contributed by atoms with Gasteiger partial charge in [-0.15, -0.1) is 0 Å². The van der Waals surface area contributed by atoms with Gasteiger partial charge in [-0.05, 0) is 0 Å². The van der Waals surface area contributed by atoms with Crippen LogP contribution in [-0.2, 0) is 11.2 Å². The maximum Gasteiger partial charge on any atom is 0.122 e. The lowest BCUT2D eigenvalue weighted by molar-refractivity contribution is 0.274. The van der Waals surface area contributed by atoms with Crippen LogP contribution in [0.4, 0.5) is 0 Å². The van der Waals surface area contributed by atoms with Crippen LogP contribution in [0.5, 0.6) is 0 Å². The molecule has 0 saturated carbocycles. The standard InChI is InChI=1S/C4H11NO2S/c1-8(7)3-4(5)2-6/h4,6H,2-3,5H2,1H3/t4-,8?/m1/s1. The summed E-state index contributed by atoms with van der Waals surface area (Å²) in [5.74, 6) is 0.385. The first kappa shape index (κ1) is 8.23. The van der Waals surface area contributed by atoms with Crippen LogP contribution in [-0.4, -0.2) is 34.3 Å². The second-order valence-corrected chi connectivity index (χ2v) is 3.16. The molecule has 0 aromatic heterocycles. The zero-order valence-corrected chi connectivity index (χ0v) is 5.65. The van der Waals surface area contributed by atoms with Crippen molar-refractivity contribution < 1.29 is 9.66 Å². The lowest BCUT2D eigenvalue weighted by Crippen LogP contribution is -2.32. The quantitative estimate of drug-likeness (QED) is 0.474. The highest BCUT2D eigenvalue weighted by Crippen LogP contribution is 1.85. The third-order valence-corrected chi connectivity index (χ3v) is 1.58. The molecule has 2 atom stereocenters. The number of nitrogens with two attached hydrogens (primary N) is 1. The first-order chi connectivity index (χ1) is 3.66. The van der Waals surface area contributed by atoms with Crippen LogP contribution in [0.3, 0.4) is 0 Å². The average Bonchev–Trinajstić information content (AvgIpc) is 1.65. The normalized spacial score (nSPS) is 18.0. The second-order valence-electron chi connectivity index (χ2n) is 1.68. The lowest BCUT2D eigenvalue weighted by Gasteiger charge is -2.08. The molecule has 0 heterocycles.